The molecule has 28 heavy (non-hydrogen) atoms. The van der Waals surface area contributed by atoms with E-state index in [1.807, 2.05) is 0 Å². The molecule has 1 rings (SSSR count). The number of hydrogen-bond donors (Lipinski definition) is 0. The molecule has 0 aliphatic carbocycles. The van der Waals surface area contributed by atoms with E-state index in [0.29, 0.717) is 6.10 Å². The van der Waals surface area contributed by atoms with Crippen molar-refractivity contribution in [3.8, 4) is 0 Å². The van der Waals surface area contributed by atoms with Crippen LogP contribution in [0.25, 0.3) is 0 Å². The van der Waals surface area contributed by atoms with Gasteiger partial charge in [0.05, 0.1) is 22.7 Å². The second kappa shape index (κ2) is 10.2. The largest absolute Gasteiger partial charge is 0.398 e. The number of piperidine rings is 1. The average Bonchev–Trinajstić information content (AvgIpc) is 2.40. The minimum Gasteiger partial charge on any atom is -0.398 e. The number of hydroxylamine groups is 2. The SMILES string of the molecule is CON1C(C)(C)CC(OCCC[SiH2]C(O[Si](C)(C)C)O[Si](C)(C)C)CC1(C)C. The van der Waals surface area contributed by atoms with Crippen molar-refractivity contribution in [2.75, 3.05) is 13.7 Å². The van der Waals surface area contributed by atoms with Crippen molar-refractivity contribution in [3.05, 3.63) is 0 Å². The van der Waals surface area contributed by atoms with Gasteiger partial charge in [0, 0.05) is 17.7 Å². The molecule has 1 aliphatic heterocycles. The van der Waals surface area contributed by atoms with Crippen molar-refractivity contribution in [2.24, 2.45) is 0 Å². The van der Waals surface area contributed by atoms with Crippen LogP contribution in [0.15, 0.2) is 0 Å². The fourth-order valence-electron chi connectivity index (χ4n) is 4.38. The van der Waals surface area contributed by atoms with E-state index in [9.17, 15) is 0 Å². The Morgan fingerprint density at radius 2 is 1.39 bits per heavy atom. The smallest absolute Gasteiger partial charge is 0.186 e. The van der Waals surface area contributed by atoms with Gasteiger partial charge in [-0.2, -0.15) is 5.06 Å². The molecule has 0 saturated carbocycles. The second-order valence-electron chi connectivity index (χ2n) is 11.4. The molecule has 0 bridgehead atoms. The zero-order chi connectivity index (χ0) is 21.8. The summed E-state index contributed by atoms with van der Waals surface area (Å²) in [6, 6.07) is 1.21. The first kappa shape index (κ1) is 26.5. The lowest BCUT2D eigenvalue weighted by Gasteiger charge is -2.53. The minimum atomic E-state index is -1.57. The van der Waals surface area contributed by atoms with Gasteiger partial charge in [0.25, 0.3) is 0 Å². The highest BCUT2D eigenvalue weighted by Crippen LogP contribution is 2.39. The summed E-state index contributed by atoms with van der Waals surface area (Å²) in [5.41, 5.74) is -0.0330. The lowest BCUT2D eigenvalue weighted by molar-refractivity contribution is -0.279. The molecule has 0 radical (unpaired) electrons. The maximum absolute atomic E-state index is 6.34. The van der Waals surface area contributed by atoms with Crippen molar-refractivity contribution >= 4 is 26.2 Å². The number of rotatable bonds is 11. The Balaban J connectivity index is 2.44. The lowest BCUT2D eigenvalue weighted by atomic mass is 9.80. The van der Waals surface area contributed by atoms with Crippen molar-refractivity contribution in [2.45, 2.75) is 115 Å². The molecule has 0 atom stereocenters. The molecule has 0 spiro atoms. The van der Waals surface area contributed by atoms with Gasteiger partial charge in [-0.25, -0.2) is 0 Å². The Kier molecular flexibility index (Phi) is 9.62. The fourth-order valence-corrected chi connectivity index (χ4v) is 10.9. The van der Waals surface area contributed by atoms with E-state index in [2.05, 4.69) is 72.0 Å². The summed E-state index contributed by atoms with van der Waals surface area (Å²) in [6.45, 7) is 23.3. The van der Waals surface area contributed by atoms with Gasteiger partial charge >= 0.3 is 0 Å². The van der Waals surface area contributed by atoms with E-state index in [0.717, 1.165) is 25.9 Å². The summed E-state index contributed by atoms with van der Waals surface area (Å²) in [6.07, 6.45) is 3.41. The lowest BCUT2D eigenvalue weighted by Crippen LogP contribution is -2.61. The van der Waals surface area contributed by atoms with E-state index in [4.69, 9.17) is 18.4 Å². The number of hydrogen-bond acceptors (Lipinski definition) is 5. The minimum absolute atomic E-state index is 0.0165. The normalized spacial score (nSPS) is 21.9. The highest BCUT2D eigenvalue weighted by atomic mass is 28.4. The number of nitrogens with zero attached hydrogens (tertiary/aromatic N) is 1. The molecular formula is C20H47NO4Si3. The van der Waals surface area contributed by atoms with Crippen LogP contribution in [0.5, 0.6) is 0 Å². The molecule has 0 N–H and O–H groups in total. The summed E-state index contributed by atoms with van der Waals surface area (Å²) < 4.78 is 19.0. The first-order chi connectivity index (χ1) is 12.6. The predicted octanol–water partition coefficient (Wildman–Crippen LogP) is 4.55. The van der Waals surface area contributed by atoms with Crippen molar-refractivity contribution in [1.29, 1.82) is 0 Å². The standard InChI is InChI=1S/C20H47NO4Si3/c1-19(2)15-17(16-20(3,4)21(19)22-5)23-13-12-14-26-18(24-27(6,7)8)25-28(9,10)11/h17-18H,12-16,26H2,1-11H3. The topological polar surface area (TPSA) is 40.2 Å². The summed E-state index contributed by atoms with van der Waals surface area (Å²) >= 11 is 0. The Labute approximate surface area is 178 Å². The van der Waals surface area contributed by atoms with Crippen molar-refractivity contribution < 1.29 is 18.4 Å². The third-order valence-electron chi connectivity index (χ3n) is 4.89. The molecule has 0 unspecified atom stereocenters. The third-order valence-corrected chi connectivity index (χ3v) is 9.21. The summed E-state index contributed by atoms with van der Waals surface area (Å²) in [4.78, 5) is 5.68. The molecule has 0 aromatic heterocycles. The van der Waals surface area contributed by atoms with E-state index >= 15 is 0 Å². The predicted molar refractivity (Wildman–Crippen MR) is 127 cm³/mol. The van der Waals surface area contributed by atoms with Crippen LogP contribution in [0.2, 0.25) is 45.3 Å². The summed E-state index contributed by atoms with van der Waals surface area (Å²) in [5.74, 6) is 0.0844. The maximum atomic E-state index is 6.34. The molecule has 8 heteroatoms. The van der Waals surface area contributed by atoms with Crippen LogP contribution in [0.4, 0.5) is 0 Å². The molecule has 1 aliphatic rings. The first-order valence-corrected chi connectivity index (χ1v) is 19.5. The first-order valence-electron chi connectivity index (χ1n) is 10.9. The van der Waals surface area contributed by atoms with Gasteiger partial charge in [-0.15, -0.1) is 0 Å². The Bertz CT molecular complexity index is 441. The van der Waals surface area contributed by atoms with Crippen LogP contribution < -0.4 is 0 Å². The molecule has 0 aromatic rings. The molecule has 0 amide bonds. The average molecular weight is 450 g/mol. The van der Waals surface area contributed by atoms with Gasteiger partial charge < -0.3 is 18.4 Å². The van der Waals surface area contributed by atoms with Crippen molar-refractivity contribution in [1.82, 2.24) is 5.06 Å². The highest BCUT2D eigenvalue weighted by molar-refractivity contribution is 6.71. The van der Waals surface area contributed by atoms with Gasteiger partial charge in [0.1, 0.15) is 5.91 Å². The van der Waals surface area contributed by atoms with Crippen LogP contribution in [0.1, 0.15) is 47.0 Å². The van der Waals surface area contributed by atoms with Crippen LogP contribution >= 0.6 is 0 Å². The van der Waals surface area contributed by atoms with E-state index < -0.39 is 26.2 Å². The fraction of sp³-hybridized carbons (Fsp3) is 1.00. The Morgan fingerprint density at radius 3 is 1.79 bits per heavy atom. The quantitative estimate of drug-likeness (QED) is 0.263. The van der Waals surface area contributed by atoms with Gasteiger partial charge in [0.2, 0.25) is 0 Å². The Morgan fingerprint density at radius 1 is 0.929 bits per heavy atom. The van der Waals surface area contributed by atoms with E-state index in [-0.39, 0.29) is 17.0 Å². The maximum Gasteiger partial charge on any atom is 0.186 e. The molecule has 1 fully saturated rings. The van der Waals surface area contributed by atoms with Gasteiger partial charge in [0.15, 0.2) is 16.6 Å². The highest BCUT2D eigenvalue weighted by Gasteiger charge is 2.46. The second-order valence-corrected chi connectivity index (χ2v) is 22.3. The van der Waals surface area contributed by atoms with Crippen LogP contribution in [-0.4, -0.2) is 68.0 Å². The molecular weight excluding hydrogens is 402 g/mol. The Hall–Kier alpha value is 0.451. The number of ether oxygens (including phenoxy) is 1. The monoisotopic (exact) mass is 449 g/mol. The van der Waals surface area contributed by atoms with Crippen LogP contribution in [-0.2, 0) is 18.4 Å². The van der Waals surface area contributed by atoms with Gasteiger partial charge in [-0.05, 0) is 86.2 Å². The summed E-state index contributed by atoms with van der Waals surface area (Å²) in [7, 11) is -1.80. The van der Waals surface area contributed by atoms with E-state index in [1.54, 1.807) is 7.11 Å². The molecule has 1 heterocycles. The van der Waals surface area contributed by atoms with Gasteiger partial charge in [-0.3, -0.25) is 0 Å². The van der Waals surface area contributed by atoms with Crippen molar-refractivity contribution in [3.63, 3.8) is 0 Å². The molecule has 168 valence electrons. The summed E-state index contributed by atoms with van der Waals surface area (Å²) in [5, 5.41) is 2.14. The molecule has 1 saturated heterocycles. The van der Waals surface area contributed by atoms with Gasteiger partial charge in [-0.1, -0.05) is 6.04 Å². The zero-order valence-corrected chi connectivity index (χ0v) is 23.9. The molecule has 0 aromatic carbocycles. The van der Waals surface area contributed by atoms with E-state index in [1.165, 1.54) is 6.04 Å². The molecule has 5 nitrogen and oxygen atoms in total. The van der Waals surface area contributed by atoms with Crippen LogP contribution in [0, 0.1) is 0 Å². The van der Waals surface area contributed by atoms with Crippen LogP contribution in [0.3, 0.4) is 0 Å². The third kappa shape index (κ3) is 9.51. The zero-order valence-electron chi connectivity index (χ0n) is 20.5.